The number of carbonyl (C=O) groups is 1. The number of benzene rings is 2. The normalized spacial score (nSPS) is 22.6. The number of ether oxygens (including phenoxy) is 2. The summed E-state index contributed by atoms with van der Waals surface area (Å²) in [7, 11) is 3.09. The van der Waals surface area contributed by atoms with Gasteiger partial charge in [-0.1, -0.05) is 49.1 Å². The molecular formula is C21H23NO3. The van der Waals surface area contributed by atoms with Gasteiger partial charge in [-0.3, -0.25) is 4.79 Å². The van der Waals surface area contributed by atoms with Crippen LogP contribution in [0.3, 0.4) is 0 Å². The van der Waals surface area contributed by atoms with Crippen LogP contribution in [0.2, 0.25) is 0 Å². The molecule has 0 spiro atoms. The van der Waals surface area contributed by atoms with Crippen LogP contribution in [0.5, 0.6) is 0 Å². The molecule has 2 aromatic carbocycles. The molecule has 1 aliphatic heterocycles. The fraction of sp³-hybridized carbons (Fsp3) is 0.286. The lowest BCUT2D eigenvalue weighted by Crippen LogP contribution is -2.31. The van der Waals surface area contributed by atoms with Crippen LogP contribution in [0.25, 0.3) is 17.2 Å². The Labute approximate surface area is 148 Å². The van der Waals surface area contributed by atoms with E-state index in [1.165, 1.54) is 7.11 Å². The van der Waals surface area contributed by atoms with Crippen molar-refractivity contribution in [1.82, 2.24) is 5.32 Å². The molecule has 1 N–H and O–H groups in total. The van der Waals surface area contributed by atoms with Gasteiger partial charge in [-0.05, 0) is 34.4 Å². The van der Waals surface area contributed by atoms with E-state index >= 15 is 0 Å². The second kappa shape index (κ2) is 7.21. The van der Waals surface area contributed by atoms with Gasteiger partial charge in [-0.25, -0.2) is 0 Å². The maximum Gasteiger partial charge on any atom is 0.322 e. The largest absolute Gasteiger partial charge is 0.468 e. The summed E-state index contributed by atoms with van der Waals surface area (Å²) in [6, 6.07) is 16.2. The Balaban J connectivity index is 1.95. The van der Waals surface area contributed by atoms with Gasteiger partial charge in [0.05, 0.1) is 7.11 Å². The summed E-state index contributed by atoms with van der Waals surface area (Å²) in [6.07, 6.45) is 2.39. The van der Waals surface area contributed by atoms with Crippen LogP contribution in [0.4, 0.5) is 0 Å². The standard InChI is InChI=1S/C21H23NO3/c1-4-15-7-5-8-16(11-15)17-9-6-10-18(12-17)21(25-3)13-19(22-14-21)20(23)24-2/h4-12,19,22H,1,13-14H2,2-3H3/t19-,21-/m0/s1. The lowest BCUT2D eigenvalue weighted by Gasteiger charge is -2.28. The topological polar surface area (TPSA) is 47.6 Å². The molecular weight excluding hydrogens is 314 g/mol. The molecule has 0 aromatic heterocycles. The van der Waals surface area contributed by atoms with Crippen molar-refractivity contribution in [3.8, 4) is 11.1 Å². The van der Waals surface area contributed by atoms with Gasteiger partial charge < -0.3 is 14.8 Å². The number of esters is 1. The van der Waals surface area contributed by atoms with Gasteiger partial charge in [0, 0.05) is 20.1 Å². The molecule has 4 nitrogen and oxygen atoms in total. The summed E-state index contributed by atoms with van der Waals surface area (Å²) in [5, 5.41) is 3.21. The molecule has 2 atom stereocenters. The van der Waals surface area contributed by atoms with Gasteiger partial charge in [0.25, 0.3) is 0 Å². The quantitative estimate of drug-likeness (QED) is 0.850. The maximum atomic E-state index is 11.9. The van der Waals surface area contributed by atoms with Crippen LogP contribution in [0, 0.1) is 0 Å². The first-order chi connectivity index (χ1) is 12.1. The third kappa shape index (κ3) is 3.36. The van der Waals surface area contributed by atoms with Crippen LogP contribution in [0.1, 0.15) is 17.5 Å². The summed E-state index contributed by atoms with van der Waals surface area (Å²) in [5.41, 5.74) is 3.83. The fourth-order valence-electron chi connectivity index (χ4n) is 3.39. The number of hydrogen-bond acceptors (Lipinski definition) is 4. The van der Waals surface area contributed by atoms with Crippen LogP contribution >= 0.6 is 0 Å². The first-order valence-corrected chi connectivity index (χ1v) is 8.31. The van der Waals surface area contributed by atoms with Gasteiger partial charge in [0.1, 0.15) is 11.6 Å². The second-order valence-corrected chi connectivity index (χ2v) is 6.27. The zero-order valence-electron chi connectivity index (χ0n) is 14.6. The molecule has 1 fully saturated rings. The third-order valence-electron chi connectivity index (χ3n) is 4.89. The number of methoxy groups -OCH3 is 2. The third-order valence-corrected chi connectivity index (χ3v) is 4.89. The molecule has 2 aromatic rings. The first kappa shape index (κ1) is 17.4. The minimum Gasteiger partial charge on any atom is -0.468 e. The lowest BCUT2D eigenvalue weighted by atomic mass is 9.88. The molecule has 0 unspecified atom stereocenters. The minimum atomic E-state index is -0.537. The van der Waals surface area contributed by atoms with E-state index in [1.54, 1.807) is 7.11 Å². The van der Waals surface area contributed by atoms with E-state index in [0.29, 0.717) is 13.0 Å². The molecule has 1 heterocycles. The molecule has 0 saturated carbocycles. The number of rotatable bonds is 5. The van der Waals surface area contributed by atoms with Gasteiger partial charge in [-0.2, -0.15) is 0 Å². The Morgan fingerprint density at radius 2 is 1.92 bits per heavy atom. The zero-order valence-corrected chi connectivity index (χ0v) is 14.6. The molecule has 1 saturated heterocycles. The highest BCUT2D eigenvalue weighted by Gasteiger charge is 2.43. The molecule has 1 aliphatic rings. The van der Waals surface area contributed by atoms with Crippen molar-refractivity contribution >= 4 is 12.0 Å². The van der Waals surface area contributed by atoms with Gasteiger partial charge in [0.2, 0.25) is 0 Å². The molecule has 4 heteroatoms. The molecule has 0 amide bonds. The SMILES string of the molecule is C=Cc1cccc(-c2cccc([C@@]3(OC)CN[C@H](C(=O)OC)C3)c2)c1. The Kier molecular flexibility index (Phi) is 5.02. The molecule has 0 radical (unpaired) electrons. The number of carbonyl (C=O) groups excluding carboxylic acids is 1. The van der Waals surface area contributed by atoms with Crippen molar-refractivity contribution < 1.29 is 14.3 Å². The lowest BCUT2D eigenvalue weighted by molar-refractivity contribution is -0.143. The van der Waals surface area contributed by atoms with Crippen molar-refractivity contribution in [2.24, 2.45) is 0 Å². The molecule has 25 heavy (non-hydrogen) atoms. The summed E-state index contributed by atoms with van der Waals surface area (Å²) in [5.74, 6) is -0.256. The van der Waals surface area contributed by atoms with Gasteiger partial charge in [0.15, 0.2) is 0 Å². The van der Waals surface area contributed by atoms with Gasteiger partial charge >= 0.3 is 5.97 Å². The summed E-state index contributed by atoms with van der Waals surface area (Å²) in [4.78, 5) is 11.9. The smallest absolute Gasteiger partial charge is 0.322 e. The van der Waals surface area contributed by atoms with Crippen LogP contribution < -0.4 is 5.32 Å². The molecule has 3 rings (SSSR count). The number of hydrogen-bond donors (Lipinski definition) is 1. The second-order valence-electron chi connectivity index (χ2n) is 6.27. The van der Waals surface area contributed by atoms with E-state index in [1.807, 2.05) is 30.3 Å². The summed E-state index contributed by atoms with van der Waals surface area (Å²) >= 11 is 0. The minimum absolute atomic E-state index is 0.256. The molecule has 130 valence electrons. The zero-order chi connectivity index (χ0) is 17.9. The average molecular weight is 337 g/mol. The average Bonchev–Trinajstić information content (AvgIpc) is 3.13. The van der Waals surface area contributed by atoms with E-state index in [0.717, 1.165) is 22.3 Å². The van der Waals surface area contributed by atoms with E-state index in [2.05, 4.69) is 36.2 Å². The highest BCUT2D eigenvalue weighted by Crippen LogP contribution is 2.36. The van der Waals surface area contributed by atoms with E-state index in [-0.39, 0.29) is 12.0 Å². The van der Waals surface area contributed by atoms with Crippen molar-refractivity contribution in [3.05, 3.63) is 66.2 Å². The summed E-state index contributed by atoms with van der Waals surface area (Å²) < 4.78 is 10.7. The van der Waals surface area contributed by atoms with E-state index < -0.39 is 5.60 Å². The van der Waals surface area contributed by atoms with E-state index in [4.69, 9.17) is 9.47 Å². The van der Waals surface area contributed by atoms with Crippen molar-refractivity contribution in [2.45, 2.75) is 18.1 Å². The maximum absolute atomic E-state index is 11.9. The monoisotopic (exact) mass is 337 g/mol. The fourth-order valence-corrected chi connectivity index (χ4v) is 3.39. The number of nitrogens with one attached hydrogen (secondary N) is 1. The highest BCUT2D eigenvalue weighted by molar-refractivity contribution is 5.76. The van der Waals surface area contributed by atoms with Crippen molar-refractivity contribution in [3.63, 3.8) is 0 Å². The Morgan fingerprint density at radius 3 is 2.60 bits per heavy atom. The van der Waals surface area contributed by atoms with Crippen LogP contribution in [0.15, 0.2) is 55.1 Å². The van der Waals surface area contributed by atoms with E-state index in [9.17, 15) is 4.79 Å². The predicted octanol–water partition coefficient (Wildman–Crippen LogP) is 3.37. The Hall–Kier alpha value is -2.43. The Morgan fingerprint density at radius 1 is 1.20 bits per heavy atom. The molecule has 0 bridgehead atoms. The van der Waals surface area contributed by atoms with Gasteiger partial charge in [-0.15, -0.1) is 0 Å². The van der Waals surface area contributed by atoms with Crippen LogP contribution in [-0.4, -0.2) is 32.8 Å². The van der Waals surface area contributed by atoms with Crippen molar-refractivity contribution in [2.75, 3.05) is 20.8 Å². The summed E-state index contributed by atoms with van der Waals surface area (Å²) in [6.45, 7) is 4.40. The predicted molar refractivity (Wildman–Crippen MR) is 99.1 cm³/mol. The highest BCUT2D eigenvalue weighted by atomic mass is 16.5. The Bertz CT molecular complexity index is 786. The first-order valence-electron chi connectivity index (χ1n) is 8.31. The van der Waals surface area contributed by atoms with Crippen LogP contribution in [-0.2, 0) is 19.9 Å². The van der Waals surface area contributed by atoms with Crippen molar-refractivity contribution in [1.29, 1.82) is 0 Å². The molecule has 0 aliphatic carbocycles.